The third-order valence-electron chi connectivity index (χ3n) is 2.80. The van der Waals surface area contributed by atoms with E-state index in [9.17, 15) is 34.8 Å². The van der Waals surface area contributed by atoms with Crippen LogP contribution < -0.4 is 9.68 Å². The van der Waals surface area contributed by atoms with Crippen molar-refractivity contribution in [2.24, 2.45) is 0 Å². The molecule has 1 aliphatic rings. The molecule has 0 N–H and O–H groups in total. The van der Waals surface area contributed by atoms with Gasteiger partial charge in [0, 0.05) is 0 Å². The highest BCUT2D eigenvalue weighted by Gasteiger charge is 2.61. The fourth-order valence-electron chi connectivity index (χ4n) is 1.73. The van der Waals surface area contributed by atoms with E-state index in [2.05, 4.69) is 0 Å². The summed E-state index contributed by atoms with van der Waals surface area (Å²) in [6.45, 7) is 1.53. The van der Waals surface area contributed by atoms with Crippen LogP contribution in [-0.2, 0) is 10.0 Å². The van der Waals surface area contributed by atoms with Gasteiger partial charge in [-0.25, -0.2) is 8.42 Å². The second kappa shape index (κ2) is 6.10. The Morgan fingerprint density at radius 2 is 1.44 bits per heavy atom. The van der Waals surface area contributed by atoms with Gasteiger partial charge >= 0.3 is 21.0 Å². The van der Waals surface area contributed by atoms with Crippen molar-refractivity contribution in [1.82, 2.24) is 8.94 Å². The Hall–Kier alpha value is -1.38. The molecule has 25 heavy (non-hydrogen) atoms. The van der Waals surface area contributed by atoms with Crippen LogP contribution in [0.2, 0.25) is 0 Å². The summed E-state index contributed by atoms with van der Waals surface area (Å²) < 4.78 is 99.0. The lowest BCUT2D eigenvalue weighted by atomic mass is 10.3. The van der Waals surface area contributed by atoms with E-state index in [1.165, 1.54) is 24.3 Å². The molecule has 6 nitrogen and oxygen atoms in total. The van der Waals surface area contributed by atoms with Crippen LogP contribution in [0.1, 0.15) is 13.8 Å². The van der Waals surface area contributed by atoms with Crippen molar-refractivity contribution in [3.05, 3.63) is 24.3 Å². The summed E-state index contributed by atoms with van der Waals surface area (Å²) in [5.74, 6) is -0.00567. The highest BCUT2D eigenvalue weighted by molar-refractivity contribution is 8.09. The summed E-state index contributed by atoms with van der Waals surface area (Å²) in [6.07, 6.45) is 0. The van der Waals surface area contributed by atoms with Gasteiger partial charge in [-0.3, -0.25) is 0 Å². The van der Waals surface area contributed by atoms with Crippen LogP contribution >= 0.6 is 11.9 Å². The van der Waals surface area contributed by atoms with Crippen LogP contribution in [0.4, 0.5) is 26.3 Å². The van der Waals surface area contributed by atoms with Gasteiger partial charge in [0.05, 0.1) is 17.2 Å². The highest BCUT2D eigenvalue weighted by Crippen LogP contribution is 2.47. The number of benzene rings is 1. The fourth-order valence-corrected chi connectivity index (χ4v) is 3.95. The first-order chi connectivity index (χ1) is 11.2. The number of hydroxylamine groups is 2. The average molecular weight is 412 g/mol. The molecule has 1 aromatic rings. The Labute approximate surface area is 142 Å². The molecule has 0 atom stereocenters. The standard InChI is InChI=1S/C11H10F6N2O4S2/c1-9(2,18-22-7-5-3-4-6-8(7)23-18)19(24-10(12,13)14)25(20,21)11(15,16)17/h3-6H,1-2H3. The van der Waals surface area contributed by atoms with Crippen molar-refractivity contribution in [1.29, 1.82) is 0 Å². The molecule has 0 aromatic heterocycles. The molecule has 14 heteroatoms. The molecular weight excluding hydrogens is 402 g/mol. The summed E-state index contributed by atoms with van der Waals surface area (Å²) >= 11 is -1.47. The van der Waals surface area contributed by atoms with E-state index in [1.54, 1.807) is 0 Å². The molecule has 1 aromatic carbocycles. The van der Waals surface area contributed by atoms with E-state index in [-0.39, 0.29) is 16.7 Å². The van der Waals surface area contributed by atoms with E-state index < -0.39 is 42.4 Å². The SMILES string of the molecule is CC(C)(N1Oc2ccccc2O1)N(SC(F)(F)F)S(=O)(=O)C(F)(F)F. The van der Waals surface area contributed by atoms with Gasteiger partial charge < -0.3 is 9.68 Å². The Kier molecular flexibility index (Phi) is 4.87. The Morgan fingerprint density at radius 1 is 1.00 bits per heavy atom. The van der Waals surface area contributed by atoms with Gasteiger partial charge in [0.15, 0.2) is 17.2 Å². The molecule has 2 rings (SSSR count). The van der Waals surface area contributed by atoms with Crippen molar-refractivity contribution in [2.45, 2.75) is 30.5 Å². The van der Waals surface area contributed by atoms with E-state index in [0.717, 1.165) is 13.8 Å². The van der Waals surface area contributed by atoms with Crippen molar-refractivity contribution >= 4 is 22.0 Å². The lowest BCUT2D eigenvalue weighted by Crippen LogP contribution is -2.59. The van der Waals surface area contributed by atoms with Crippen LogP contribution in [0, 0.1) is 0 Å². The first-order valence-electron chi connectivity index (χ1n) is 6.29. The molecule has 0 unspecified atom stereocenters. The van der Waals surface area contributed by atoms with E-state index >= 15 is 0 Å². The summed E-state index contributed by atoms with van der Waals surface area (Å²) in [7, 11) is -6.38. The summed E-state index contributed by atoms with van der Waals surface area (Å²) in [5, 5.41) is 0.250. The van der Waals surface area contributed by atoms with Crippen LogP contribution in [0.25, 0.3) is 0 Å². The molecule has 142 valence electrons. The molecule has 1 aliphatic heterocycles. The second-order valence-electron chi connectivity index (χ2n) is 5.10. The van der Waals surface area contributed by atoms with Gasteiger partial charge in [-0.15, -0.1) is 3.71 Å². The van der Waals surface area contributed by atoms with Crippen LogP contribution in [0.5, 0.6) is 11.5 Å². The normalized spacial score (nSPS) is 16.5. The van der Waals surface area contributed by atoms with Crippen molar-refractivity contribution in [2.75, 3.05) is 0 Å². The lowest BCUT2D eigenvalue weighted by Gasteiger charge is -2.38. The number of rotatable bonds is 4. The maximum absolute atomic E-state index is 12.8. The number of alkyl halides is 6. The van der Waals surface area contributed by atoms with Gasteiger partial charge in [0.2, 0.25) is 0 Å². The maximum Gasteiger partial charge on any atom is 0.512 e. The Balaban J connectivity index is 2.43. The minimum atomic E-state index is -6.38. The minimum absolute atomic E-state index is 0.00283. The number of hydrogen-bond donors (Lipinski definition) is 0. The monoisotopic (exact) mass is 412 g/mol. The number of hydrogen-bond acceptors (Lipinski definition) is 6. The van der Waals surface area contributed by atoms with Crippen LogP contribution in [0.3, 0.4) is 0 Å². The van der Waals surface area contributed by atoms with Gasteiger partial charge in [0.25, 0.3) is 0 Å². The third-order valence-corrected chi connectivity index (χ3v) is 5.90. The predicted octanol–water partition coefficient (Wildman–Crippen LogP) is 3.65. The predicted molar refractivity (Wildman–Crippen MR) is 74.1 cm³/mol. The third kappa shape index (κ3) is 3.91. The average Bonchev–Trinajstić information content (AvgIpc) is 2.87. The minimum Gasteiger partial charge on any atom is -0.365 e. The highest BCUT2D eigenvalue weighted by atomic mass is 32.3. The zero-order chi connectivity index (χ0) is 19.3. The maximum atomic E-state index is 12.8. The molecule has 0 fully saturated rings. The van der Waals surface area contributed by atoms with Gasteiger partial charge in [0.1, 0.15) is 0 Å². The van der Waals surface area contributed by atoms with E-state index in [1.807, 2.05) is 0 Å². The smallest absolute Gasteiger partial charge is 0.365 e. The summed E-state index contributed by atoms with van der Waals surface area (Å²) in [4.78, 5) is 10.1. The topological polar surface area (TPSA) is 59.1 Å². The van der Waals surface area contributed by atoms with Crippen molar-refractivity contribution < 1.29 is 44.4 Å². The molecule has 0 saturated heterocycles. The number of halogens is 6. The van der Waals surface area contributed by atoms with Crippen LogP contribution in [-0.4, -0.2) is 34.0 Å². The molecule has 0 spiro atoms. The van der Waals surface area contributed by atoms with E-state index in [4.69, 9.17) is 9.68 Å². The Bertz CT molecular complexity index is 725. The molecule has 0 saturated carbocycles. The first kappa shape index (κ1) is 19.9. The zero-order valence-electron chi connectivity index (χ0n) is 12.4. The van der Waals surface area contributed by atoms with Crippen molar-refractivity contribution in [3.8, 4) is 11.5 Å². The molecule has 0 radical (unpaired) electrons. The summed E-state index contributed by atoms with van der Waals surface area (Å²) in [6, 6.07) is 5.64. The first-order valence-corrected chi connectivity index (χ1v) is 8.50. The number of sulfonamides is 1. The van der Waals surface area contributed by atoms with Gasteiger partial charge in [-0.1, -0.05) is 12.1 Å². The second-order valence-corrected chi connectivity index (χ2v) is 8.12. The van der Waals surface area contributed by atoms with Crippen molar-refractivity contribution in [3.63, 3.8) is 0 Å². The molecular formula is C11H10F6N2O4S2. The van der Waals surface area contributed by atoms with Gasteiger partial charge in [-0.2, -0.15) is 26.3 Å². The molecule has 1 heterocycles. The number of fused-ring (bicyclic) bond motifs is 1. The summed E-state index contributed by atoms with van der Waals surface area (Å²) in [5.41, 5.74) is -13.8. The molecule has 0 aliphatic carbocycles. The zero-order valence-corrected chi connectivity index (χ0v) is 14.1. The number of para-hydroxylation sites is 2. The largest absolute Gasteiger partial charge is 0.512 e. The Morgan fingerprint density at radius 3 is 1.80 bits per heavy atom. The fraction of sp³-hybridized carbons (Fsp3) is 0.455. The molecule has 0 amide bonds. The van der Waals surface area contributed by atoms with E-state index in [0.29, 0.717) is 0 Å². The van der Waals surface area contributed by atoms with Gasteiger partial charge in [-0.05, 0) is 26.0 Å². The molecule has 0 bridgehead atoms. The lowest BCUT2D eigenvalue weighted by molar-refractivity contribution is -0.298. The quantitative estimate of drug-likeness (QED) is 0.556. The number of nitrogens with zero attached hydrogens (tertiary/aromatic N) is 2. The van der Waals surface area contributed by atoms with Crippen LogP contribution in [0.15, 0.2) is 24.3 Å².